The highest BCUT2D eigenvalue weighted by Crippen LogP contribution is 2.25. The molecule has 2 aromatic rings. The number of hydrogen-bond acceptors (Lipinski definition) is 3. The van der Waals surface area contributed by atoms with Crippen molar-refractivity contribution in [2.75, 3.05) is 24.5 Å². The van der Waals surface area contributed by atoms with E-state index in [4.69, 9.17) is 11.6 Å². The van der Waals surface area contributed by atoms with Gasteiger partial charge in [0.25, 0.3) is 5.91 Å². The summed E-state index contributed by atoms with van der Waals surface area (Å²) in [6.45, 7) is 6.61. The van der Waals surface area contributed by atoms with E-state index in [0.29, 0.717) is 17.1 Å². The van der Waals surface area contributed by atoms with Crippen LogP contribution in [-0.2, 0) is 6.42 Å². The standard InChI is InChI=1S/C19H25ClN4O/c1-13-16(14(2)23-22-13)8-9-21-19(25)17-12-15(6-7-18(17)20)24-10-4-3-5-11-24/h6-7,12H,3-5,8-11H2,1-2H3,(H,21,25)(H,22,23). The summed E-state index contributed by atoms with van der Waals surface area (Å²) in [5.74, 6) is -0.123. The van der Waals surface area contributed by atoms with Gasteiger partial charge in [-0.05, 0) is 63.3 Å². The predicted molar refractivity (Wildman–Crippen MR) is 102 cm³/mol. The van der Waals surface area contributed by atoms with Gasteiger partial charge in [-0.2, -0.15) is 5.10 Å². The molecule has 1 fully saturated rings. The molecule has 1 aliphatic heterocycles. The molecule has 1 saturated heterocycles. The van der Waals surface area contributed by atoms with Gasteiger partial charge >= 0.3 is 0 Å². The molecule has 0 bridgehead atoms. The normalized spacial score (nSPS) is 14.6. The number of halogens is 1. The lowest BCUT2D eigenvalue weighted by Gasteiger charge is -2.29. The highest BCUT2D eigenvalue weighted by Gasteiger charge is 2.16. The number of aromatic amines is 1. The summed E-state index contributed by atoms with van der Waals surface area (Å²) in [5.41, 5.74) is 4.82. The maximum atomic E-state index is 12.6. The monoisotopic (exact) mass is 360 g/mol. The van der Waals surface area contributed by atoms with Crippen LogP contribution in [-0.4, -0.2) is 35.7 Å². The van der Waals surface area contributed by atoms with E-state index in [2.05, 4.69) is 20.4 Å². The Morgan fingerprint density at radius 1 is 1.28 bits per heavy atom. The summed E-state index contributed by atoms with van der Waals surface area (Å²) in [7, 11) is 0. The van der Waals surface area contributed by atoms with Crippen LogP contribution in [0.3, 0.4) is 0 Å². The molecule has 1 aliphatic rings. The van der Waals surface area contributed by atoms with Gasteiger partial charge in [-0.1, -0.05) is 11.6 Å². The van der Waals surface area contributed by atoms with Gasteiger partial charge in [0.1, 0.15) is 0 Å². The lowest BCUT2D eigenvalue weighted by molar-refractivity contribution is 0.0954. The van der Waals surface area contributed by atoms with Crippen LogP contribution in [0, 0.1) is 13.8 Å². The molecule has 0 aliphatic carbocycles. The van der Waals surface area contributed by atoms with Gasteiger partial charge in [-0.3, -0.25) is 9.89 Å². The Morgan fingerprint density at radius 3 is 2.72 bits per heavy atom. The number of H-pyrrole nitrogens is 1. The molecule has 0 atom stereocenters. The number of rotatable bonds is 5. The maximum absolute atomic E-state index is 12.6. The van der Waals surface area contributed by atoms with E-state index in [9.17, 15) is 4.79 Å². The minimum absolute atomic E-state index is 0.123. The second-order valence-electron chi connectivity index (χ2n) is 6.63. The minimum Gasteiger partial charge on any atom is -0.372 e. The molecule has 25 heavy (non-hydrogen) atoms. The van der Waals surface area contributed by atoms with Crippen LogP contribution >= 0.6 is 11.6 Å². The molecule has 0 radical (unpaired) electrons. The Labute approximate surface area is 153 Å². The smallest absolute Gasteiger partial charge is 0.252 e. The zero-order valence-corrected chi connectivity index (χ0v) is 15.6. The van der Waals surface area contributed by atoms with Crippen molar-refractivity contribution in [2.45, 2.75) is 39.5 Å². The molecular weight excluding hydrogens is 336 g/mol. The topological polar surface area (TPSA) is 61.0 Å². The van der Waals surface area contributed by atoms with Gasteiger partial charge in [0.15, 0.2) is 0 Å². The molecule has 1 aromatic carbocycles. The number of benzene rings is 1. The van der Waals surface area contributed by atoms with Gasteiger partial charge in [-0.15, -0.1) is 0 Å². The lowest BCUT2D eigenvalue weighted by Crippen LogP contribution is -2.30. The Balaban J connectivity index is 1.64. The van der Waals surface area contributed by atoms with Gasteiger partial charge in [-0.25, -0.2) is 0 Å². The SMILES string of the molecule is Cc1n[nH]c(C)c1CCNC(=O)c1cc(N2CCCCC2)ccc1Cl. The van der Waals surface area contributed by atoms with Crippen LogP contribution in [0.25, 0.3) is 0 Å². The Bertz CT molecular complexity index is 730. The summed E-state index contributed by atoms with van der Waals surface area (Å²) in [5, 5.41) is 10.6. The van der Waals surface area contributed by atoms with Crippen molar-refractivity contribution in [1.82, 2.24) is 15.5 Å². The second kappa shape index (κ2) is 7.91. The maximum Gasteiger partial charge on any atom is 0.252 e. The number of amides is 1. The lowest BCUT2D eigenvalue weighted by atomic mass is 10.1. The quantitative estimate of drug-likeness (QED) is 0.855. The first-order valence-electron chi connectivity index (χ1n) is 8.89. The number of piperidine rings is 1. The molecular formula is C19H25ClN4O. The molecule has 134 valence electrons. The third-order valence-corrected chi connectivity index (χ3v) is 5.19. The number of nitrogens with one attached hydrogen (secondary N) is 2. The van der Waals surface area contributed by atoms with Crippen LogP contribution in [0.15, 0.2) is 18.2 Å². The van der Waals surface area contributed by atoms with Gasteiger partial charge in [0, 0.05) is 31.0 Å². The fourth-order valence-electron chi connectivity index (χ4n) is 3.37. The third-order valence-electron chi connectivity index (χ3n) is 4.86. The van der Waals surface area contributed by atoms with E-state index < -0.39 is 0 Å². The van der Waals surface area contributed by atoms with E-state index in [1.54, 1.807) is 0 Å². The van der Waals surface area contributed by atoms with E-state index in [1.165, 1.54) is 19.3 Å². The molecule has 1 aromatic heterocycles. The average molecular weight is 361 g/mol. The van der Waals surface area contributed by atoms with Crippen molar-refractivity contribution >= 4 is 23.2 Å². The Morgan fingerprint density at radius 2 is 2.04 bits per heavy atom. The van der Waals surface area contributed by atoms with Crippen molar-refractivity contribution in [1.29, 1.82) is 0 Å². The molecule has 1 amide bonds. The van der Waals surface area contributed by atoms with Crippen molar-refractivity contribution in [3.63, 3.8) is 0 Å². The minimum atomic E-state index is -0.123. The summed E-state index contributed by atoms with van der Waals surface area (Å²) < 4.78 is 0. The second-order valence-corrected chi connectivity index (χ2v) is 7.04. The predicted octanol–water partition coefficient (Wildman–Crippen LogP) is 3.64. The molecule has 3 rings (SSSR count). The first-order chi connectivity index (χ1) is 12.1. The van der Waals surface area contributed by atoms with Crippen molar-refractivity contribution in [2.24, 2.45) is 0 Å². The van der Waals surface area contributed by atoms with Crippen molar-refractivity contribution < 1.29 is 4.79 Å². The average Bonchev–Trinajstić information content (AvgIpc) is 2.94. The summed E-state index contributed by atoms with van der Waals surface area (Å²) in [6, 6.07) is 5.74. The summed E-state index contributed by atoms with van der Waals surface area (Å²) in [6.07, 6.45) is 4.44. The van der Waals surface area contributed by atoms with E-state index in [0.717, 1.165) is 42.1 Å². The van der Waals surface area contributed by atoms with Crippen molar-refractivity contribution in [3.8, 4) is 0 Å². The van der Waals surface area contributed by atoms with E-state index >= 15 is 0 Å². The number of carbonyl (C=O) groups is 1. The van der Waals surface area contributed by atoms with E-state index in [-0.39, 0.29) is 5.91 Å². The number of aromatic nitrogens is 2. The molecule has 5 nitrogen and oxygen atoms in total. The highest BCUT2D eigenvalue weighted by molar-refractivity contribution is 6.34. The molecule has 2 heterocycles. The molecule has 6 heteroatoms. The molecule has 0 unspecified atom stereocenters. The van der Waals surface area contributed by atoms with Gasteiger partial charge in [0.2, 0.25) is 0 Å². The molecule has 2 N–H and O–H groups in total. The number of anilines is 1. The largest absolute Gasteiger partial charge is 0.372 e. The van der Waals surface area contributed by atoms with Gasteiger partial charge < -0.3 is 10.2 Å². The number of hydrogen-bond donors (Lipinski definition) is 2. The molecule has 0 saturated carbocycles. The zero-order chi connectivity index (χ0) is 17.8. The summed E-state index contributed by atoms with van der Waals surface area (Å²) >= 11 is 6.26. The van der Waals surface area contributed by atoms with Crippen LogP contribution < -0.4 is 10.2 Å². The van der Waals surface area contributed by atoms with Crippen LogP contribution in [0.5, 0.6) is 0 Å². The van der Waals surface area contributed by atoms with Crippen molar-refractivity contribution in [3.05, 3.63) is 45.7 Å². The first kappa shape index (κ1) is 17.8. The van der Waals surface area contributed by atoms with E-state index in [1.807, 2.05) is 32.0 Å². The van der Waals surface area contributed by atoms with Crippen LogP contribution in [0.4, 0.5) is 5.69 Å². The fraction of sp³-hybridized carbons (Fsp3) is 0.474. The first-order valence-corrected chi connectivity index (χ1v) is 9.27. The Kier molecular flexibility index (Phi) is 5.63. The number of aryl methyl sites for hydroxylation is 2. The third kappa shape index (κ3) is 4.15. The number of carbonyl (C=O) groups excluding carboxylic acids is 1. The zero-order valence-electron chi connectivity index (χ0n) is 14.9. The fourth-order valence-corrected chi connectivity index (χ4v) is 3.58. The Hall–Kier alpha value is -2.01. The van der Waals surface area contributed by atoms with Crippen LogP contribution in [0.1, 0.15) is 46.6 Å². The highest BCUT2D eigenvalue weighted by atomic mass is 35.5. The summed E-state index contributed by atoms with van der Waals surface area (Å²) in [4.78, 5) is 14.9. The van der Waals surface area contributed by atoms with Gasteiger partial charge in [0.05, 0.1) is 16.3 Å². The number of nitrogens with zero attached hydrogens (tertiary/aromatic N) is 2. The van der Waals surface area contributed by atoms with Crippen LogP contribution in [0.2, 0.25) is 5.02 Å². The molecule has 0 spiro atoms.